The van der Waals surface area contributed by atoms with Crippen LogP contribution in [0.1, 0.15) is 18.5 Å². The van der Waals surface area contributed by atoms with Gasteiger partial charge in [-0.15, -0.1) is 0 Å². The Morgan fingerprint density at radius 1 is 1.19 bits per heavy atom. The average molecular weight is 290 g/mol. The third-order valence-electron chi connectivity index (χ3n) is 3.03. The molecular weight excluding hydrogens is 271 g/mol. The standard InChI is InChI=1S/C16H19FN2O2/c1-12(14-5-3-4-6-15(14)17)19-13-7-8-16(18-11-13)21-10-9-20-2/h3-8,11-12,19H,9-10H2,1-2H3. The van der Waals surface area contributed by atoms with E-state index in [4.69, 9.17) is 9.47 Å². The van der Waals surface area contributed by atoms with E-state index in [9.17, 15) is 4.39 Å². The van der Waals surface area contributed by atoms with Crippen molar-refractivity contribution in [2.24, 2.45) is 0 Å². The molecule has 1 aromatic carbocycles. The molecule has 2 aromatic rings. The minimum Gasteiger partial charge on any atom is -0.475 e. The van der Waals surface area contributed by atoms with Crippen LogP contribution in [0, 0.1) is 5.82 Å². The van der Waals surface area contributed by atoms with Gasteiger partial charge in [0.1, 0.15) is 12.4 Å². The van der Waals surface area contributed by atoms with E-state index in [0.717, 1.165) is 5.69 Å². The summed E-state index contributed by atoms with van der Waals surface area (Å²) in [5.74, 6) is 0.320. The summed E-state index contributed by atoms with van der Waals surface area (Å²) in [6.45, 7) is 2.88. The molecule has 1 N–H and O–H groups in total. The normalized spacial score (nSPS) is 12.0. The number of ether oxygens (including phenoxy) is 2. The Kier molecular flexibility index (Phi) is 5.51. The third-order valence-corrected chi connectivity index (χ3v) is 3.03. The van der Waals surface area contributed by atoms with Crippen molar-refractivity contribution in [3.8, 4) is 5.88 Å². The lowest BCUT2D eigenvalue weighted by Gasteiger charge is -2.16. The average Bonchev–Trinajstić information content (AvgIpc) is 2.49. The van der Waals surface area contributed by atoms with Crippen molar-refractivity contribution in [2.75, 3.05) is 25.6 Å². The van der Waals surface area contributed by atoms with Crippen LogP contribution in [0.25, 0.3) is 0 Å². The van der Waals surface area contributed by atoms with Crippen LogP contribution in [0.4, 0.5) is 10.1 Å². The van der Waals surface area contributed by atoms with Crippen molar-refractivity contribution in [2.45, 2.75) is 13.0 Å². The minimum atomic E-state index is -0.218. The Bertz CT molecular complexity index is 560. The van der Waals surface area contributed by atoms with Crippen LogP contribution in [0.15, 0.2) is 42.6 Å². The maximum Gasteiger partial charge on any atom is 0.213 e. The van der Waals surface area contributed by atoms with E-state index in [1.54, 1.807) is 31.5 Å². The van der Waals surface area contributed by atoms with Gasteiger partial charge in [-0.25, -0.2) is 9.37 Å². The largest absolute Gasteiger partial charge is 0.475 e. The predicted octanol–water partition coefficient (Wildman–Crippen LogP) is 3.42. The zero-order valence-corrected chi connectivity index (χ0v) is 12.2. The van der Waals surface area contributed by atoms with Crippen molar-refractivity contribution in [3.05, 3.63) is 54.0 Å². The smallest absolute Gasteiger partial charge is 0.213 e. The van der Waals surface area contributed by atoms with Crippen molar-refractivity contribution >= 4 is 5.69 Å². The predicted molar refractivity (Wildman–Crippen MR) is 80.0 cm³/mol. The summed E-state index contributed by atoms with van der Waals surface area (Å²) in [5.41, 5.74) is 1.43. The third kappa shape index (κ3) is 4.43. The van der Waals surface area contributed by atoms with Gasteiger partial charge >= 0.3 is 0 Å². The molecule has 5 heteroatoms. The molecule has 0 saturated carbocycles. The lowest BCUT2D eigenvalue weighted by molar-refractivity contribution is 0.144. The lowest BCUT2D eigenvalue weighted by Crippen LogP contribution is -2.09. The van der Waals surface area contributed by atoms with Crippen LogP contribution >= 0.6 is 0 Å². The number of nitrogens with one attached hydrogen (secondary N) is 1. The van der Waals surface area contributed by atoms with Crippen LogP contribution in [0.2, 0.25) is 0 Å². The van der Waals surface area contributed by atoms with E-state index in [2.05, 4.69) is 10.3 Å². The van der Waals surface area contributed by atoms with Gasteiger partial charge in [0.25, 0.3) is 0 Å². The second kappa shape index (κ2) is 7.59. The molecule has 0 radical (unpaired) electrons. The summed E-state index contributed by atoms with van der Waals surface area (Å²) in [5, 5.41) is 3.21. The molecule has 0 amide bonds. The zero-order chi connectivity index (χ0) is 15.1. The van der Waals surface area contributed by atoms with Crippen LogP contribution in [0.5, 0.6) is 5.88 Å². The summed E-state index contributed by atoms with van der Waals surface area (Å²) in [7, 11) is 1.62. The van der Waals surface area contributed by atoms with Gasteiger partial charge in [0.15, 0.2) is 0 Å². The first kappa shape index (κ1) is 15.3. The number of halogens is 1. The van der Waals surface area contributed by atoms with Crippen LogP contribution < -0.4 is 10.1 Å². The van der Waals surface area contributed by atoms with Gasteiger partial charge in [0.2, 0.25) is 5.88 Å². The summed E-state index contributed by atoms with van der Waals surface area (Å²) >= 11 is 0. The van der Waals surface area contributed by atoms with Gasteiger partial charge in [0, 0.05) is 18.7 Å². The van der Waals surface area contributed by atoms with Crippen molar-refractivity contribution < 1.29 is 13.9 Å². The van der Waals surface area contributed by atoms with Crippen molar-refractivity contribution in [1.82, 2.24) is 4.98 Å². The molecule has 4 nitrogen and oxygen atoms in total. The second-order valence-corrected chi connectivity index (χ2v) is 4.61. The van der Waals surface area contributed by atoms with Crippen LogP contribution in [-0.4, -0.2) is 25.3 Å². The van der Waals surface area contributed by atoms with Gasteiger partial charge in [-0.1, -0.05) is 18.2 Å². The highest BCUT2D eigenvalue weighted by molar-refractivity contribution is 5.44. The highest BCUT2D eigenvalue weighted by Gasteiger charge is 2.10. The molecule has 1 atom stereocenters. The van der Waals surface area contributed by atoms with Crippen molar-refractivity contribution in [1.29, 1.82) is 0 Å². The Morgan fingerprint density at radius 3 is 2.67 bits per heavy atom. The Hall–Kier alpha value is -2.14. The Balaban J connectivity index is 1.95. The first-order valence-electron chi connectivity index (χ1n) is 6.79. The highest BCUT2D eigenvalue weighted by atomic mass is 19.1. The number of rotatable bonds is 7. The molecule has 21 heavy (non-hydrogen) atoms. The van der Waals surface area contributed by atoms with E-state index < -0.39 is 0 Å². The second-order valence-electron chi connectivity index (χ2n) is 4.61. The molecule has 1 aromatic heterocycles. The van der Waals surface area contributed by atoms with Crippen molar-refractivity contribution in [3.63, 3.8) is 0 Å². The van der Waals surface area contributed by atoms with Gasteiger partial charge in [-0.3, -0.25) is 0 Å². The highest BCUT2D eigenvalue weighted by Crippen LogP contribution is 2.21. The number of pyridine rings is 1. The number of anilines is 1. The van der Waals surface area contributed by atoms with Gasteiger partial charge in [0.05, 0.1) is 24.5 Å². The number of nitrogens with zero attached hydrogens (tertiary/aromatic N) is 1. The summed E-state index contributed by atoms with van der Waals surface area (Å²) < 4.78 is 24.0. The molecule has 112 valence electrons. The number of methoxy groups -OCH3 is 1. The van der Waals surface area contributed by atoms with E-state index in [1.165, 1.54) is 6.07 Å². The lowest BCUT2D eigenvalue weighted by atomic mass is 10.1. The topological polar surface area (TPSA) is 43.4 Å². The molecular formula is C16H19FN2O2. The minimum absolute atomic E-state index is 0.145. The maximum atomic E-state index is 13.7. The van der Waals surface area contributed by atoms with E-state index in [0.29, 0.717) is 24.7 Å². The number of benzene rings is 1. The number of hydrogen-bond donors (Lipinski definition) is 1. The van der Waals surface area contributed by atoms with E-state index >= 15 is 0 Å². The maximum absolute atomic E-state index is 13.7. The first-order chi connectivity index (χ1) is 10.2. The Labute approximate surface area is 123 Å². The van der Waals surface area contributed by atoms with E-state index in [-0.39, 0.29) is 11.9 Å². The van der Waals surface area contributed by atoms with Gasteiger partial charge in [-0.2, -0.15) is 0 Å². The molecule has 0 bridgehead atoms. The van der Waals surface area contributed by atoms with Crippen LogP contribution in [0.3, 0.4) is 0 Å². The van der Waals surface area contributed by atoms with Gasteiger partial charge in [-0.05, 0) is 19.1 Å². The number of aromatic nitrogens is 1. The van der Waals surface area contributed by atoms with E-state index in [1.807, 2.05) is 19.1 Å². The molecule has 0 fully saturated rings. The quantitative estimate of drug-likeness (QED) is 0.794. The summed E-state index contributed by atoms with van der Waals surface area (Å²) in [4.78, 5) is 4.19. The molecule has 0 spiro atoms. The van der Waals surface area contributed by atoms with Crippen LogP contribution in [-0.2, 0) is 4.74 Å². The molecule has 2 rings (SSSR count). The summed E-state index contributed by atoms with van der Waals surface area (Å²) in [6.07, 6.45) is 1.67. The Morgan fingerprint density at radius 2 is 2.00 bits per heavy atom. The molecule has 0 aliphatic rings. The van der Waals surface area contributed by atoms with Gasteiger partial charge < -0.3 is 14.8 Å². The summed E-state index contributed by atoms with van der Waals surface area (Å²) in [6, 6.07) is 10.2. The molecule has 0 aliphatic carbocycles. The zero-order valence-electron chi connectivity index (χ0n) is 12.2. The number of hydrogen-bond acceptors (Lipinski definition) is 4. The molecule has 1 heterocycles. The SMILES string of the molecule is COCCOc1ccc(NC(C)c2ccccc2F)cn1. The monoisotopic (exact) mass is 290 g/mol. The fraction of sp³-hybridized carbons (Fsp3) is 0.312. The first-order valence-corrected chi connectivity index (χ1v) is 6.79. The molecule has 1 unspecified atom stereocenters. The molecule has 0 aliphatic heterocycles. The fourth-order valence-corrected chi connectivity index (χ4v) is 1.93. The molecule has 0 saturated heterocycles. The fourth-order valence-electron chi connectivity index (χ4n) is 1.93.